The van der Waals surface area contributed by atoms with E-state index in [0.29, 0.717) is 12.8 Å². The molecule has 0 amide bonds. The van der Waals surface area contributed by atoms with Gasteiger partial charge in [-0.05, 0) is 24.6 Å². The number of hydrogen-bond acceptors (Lipinski definition) is 2. The van der Waals surface area contributed by atoms with E-state index in [1.165, 1.54) is 14.1 Å². The van der Waals surface area contributed by atoms with Gasteiger partial charge in [-0.15, -0.1) is 0 Å². The fourth-order valence-corrected chi connectivity index (χ4v) is 4.80. The summed E-state index contributed by atoms with van der Waals surface area (Å²) in [6.07, 6.45) is 1.05. The Morgan fingerprint density at radius 3 is 1.18 bits per heavy atom. The highest BCUT2D eigenvalue weighted by atomic mass is 32.2. The number of likely N-dealkylation sites (N-methyl/N-ethyl adjacent to an activating group) is 1. The van der Waals surface area contributed by atoms with E-state index in [1.54, 1.807) is 0 Å². The normalized spacial score (nSPS) is 15.2. The zero-order chi connectivity index (χ0) is 35.3. The lowest BCUT2D eigenvalue weighted by Crippen LogP contribution is -2.74. The van der Waals surface area contributed by atoms with Gasteiger partial charge in [-0.1, -0.05) is 58.3 Å². The van der Waals surface area contributed by atoms with Gasteiger partial charge in [-0.3, -0.25) is 4.79 Å². The van der Waals surface area contributed by atoms with Crippen molar-refractivity contribution in [3.63, 3.8) is 0 Å². The van der Waals surface area contributed by atoms with Crippen molar-refractivity contribution in [3.8, 4) is 0 Å². The Hall–Kier alpha value is -1.21. The molecular formula is C24H33F17NOS+. The fourth-order valence-electron chi connectivity index (χ4n) is 3.84. The lowest BCUT2D eigenvalue weighted by molar-refractivity contribution is -0.882. The van der Waals surface area contributed by atoms with Crippen LogP contribution >= 0.6 is 11.8 Å². The van der Waals surface area contributed by atoms with Crippen LogP contribution in [0.25, 0.3) is 0 Å². The number of quaternary nitrogens is 1. The summed E-state index contributed by atoms with van der Waals surface area (Å²) in [5.41, 5.74) is 0. The first kappa shape index (κ1) is 42.8. The molecule has 0 fully saturated rings. The summed E-state index contributed by atoms with van der Waals surface area (Å²) in [6.45, 7) is 0.959. The highest BCUT2D eigenvalue weighted by Gasteiger charge is 2.95. The maximum atomic E-state index is 14.1. The highest BCUT2D eigenvalue weighted by Crippen LogP contribution is 2.65. The molecule has 0 aromatic carbocycles. The molecular weight excluding hydrogens is 673 g/mol. The quantitative estimate of drug-likeness (QED) is 0.0713. The van der Waals surface area contributed by atoms with E-state index < -0.39 is 74.9 Å². The van der Waals surface area contributed by atoms with Gasteiger partial charge in [-0.25, -0.2) is 0 Å². The molecule has 264 valence electrons. The SMILES string of the molecule is CCCCCCCCCCCC[N+](C)(C)CC(=O)SC(F)(F)C(F)(F)C(F)(F)C(F)(F)C(F)(F)C(F)(F)C(F)(F)C(F)(F)F. The molecule has 0 heterocycles. The third-order valence-corrected chi connectivity index (χ3v) is 7.48. The van der Waals surface area contributed by atoms with Crippen molar-refractivity contribution < 1.29 is 83.9 Å². The summed E-state index contributed by atoms with van der Waals surface area (Å²) in [7, 11) is 2.41. The Balaban J connectivity index is 5.58. The van der Waals surface area contributed by atoms with E-state index >= 15 is 0 Å². The average molecular weight is 707 g/mol. The van der Waals surface area contributed by atoms with Crippen molar-refractivity contribution in [2.75, 3.05) is 27.2 Å². The number of unbranched alkanes of at least 4 members (excludes halogenated alkanes) is 9. The molecule has 0 unspecified atom stereocenters. The zero-order valence-corrected chi connectivity index (χ0v) is 24.5. The molecule has 0 saturated carbocycles. The molecule has 0 atom stereocenters. The summed E-state index contributed by atoms with van der Waals surface area (Å²) in [5.74, 6) is -50.4. The Morgan fingerprint density at radius 2 is 0.818 bits per heavy atom. The largest absolute Gasteiger partial charge is 0.460 e. The number of thioether (sulfide) groups is 1. The minimum Gasteiger partial charge on any atom is -0.322 e. The van der Waals surface area contributed by atoms with Gasteiger partial charge >= 0.3 is 47.0 Å². The summed E-state index contributed by atoms with van der Waals surface area (Å²) in [6, 6.07) is 0. The van der Waals surface area contributed by atoms with Crippen LogP contribution in [0.15, 0.2) is 0 Å². The number of hydrogen-bond donors (Lipinski definition) is 0. The molecule has 0 radical (unpaired) electrons. The number of alkyl halides is 17. The van der Waals surface area contributed by atoms with Crippen molar-refractivity contribution in [3.05, 3.63) is 0 Å². The zero-order valence-electron chi connectivity index (χ0n) is 23.7. The highest BCUT2D eigenvalue weighted by molar-refractivity contribution is 8.14. The van der Waals surface area contributed by atoms with Crippen LogP contribution in [0.1, 0.15) is 71.1 Å². The van der Waals surface area contributed by atoms with Crippen LogP contribution in [0.5, 0.6) is 0 Å². The molecule has 0 rings (SSSR count). The first-order chi connectivity index (χ1) is 19.4. The molecule has 0 bridgehead atoms. The van der Waals surface area contributed by atoms with Crippen LogP contribution in [0.2, 0.25) is 0 Å². The summed E-state index contributed by atoms with van der Waals surface area (Å²) < 4.78 is 227. The number of halogens is 17. The van der Waals surface area contributed by atoms with Crippen molar-refractivity contribution in [1.82, 2.24) is 0 Å². The average Bonchev–Trinajstić information content (AvgIpc) is 2.82. The predicted octanol–water partition coefficient (Wildman–Crippen LogP) is 10.2. The van der Waals surface area contributed by atoms with Gasteiger partial charge in [0.05, 0.1) is 20.6 Å². The fraction of sp³-hybridized carbons (Fsp3) is 0.958. The number of rotatable bonds is 20. The second-order valence-electron chi connectivity index (χ2n) is 10.9. The maximum absolute atomic E-state index is 14.1. The first-order valence-corrected chi connectivity index (χ1v) is 14.0. The lowest BCUT2D eigenvalue weighted by Gasteiger charge is -2.42. The number of carbonyl (C=O) groups is 1. The van der Waals surface area contributed by atoms with Gasteiger partial charge in [0.2, 0.25) is 5.12 Å². The van der Waals surface area contributed by atoms with Gasteiger partial charge in [0.15, 0.2) is 0 Å². The second kappa shape index (κ2) is 14.7. The molecule has 0 aliphatic rings. The van der Waals surface area contributed by atoms with Crippen LogP contribution in [0.3, 0.4) is 0 Å². The summed E-state index contributed by atoms with van der Waals surface area (Å²) >= 11 is -2.05. The van der Waals surface area contributed by atoms with E-state index in [9.17, 15) is 79.4 Å². The van der Waals surface area contributed by atoms with Crippen LogP contribution in [-0.2, 0) is 4.79 Å². The number of nitrogens with zero attached hydrogens (tertiary/aromatic N) is 1. The van der Waals surface area contributed by atoms with Crippen LogP contribution in [0, 0.1) is 0 Å². The van der Waals surface area contributed by atoms with Crippen molar-refractivity contribution >= 4 is 16.9 Å². The summed E-state index contributed by atoms with van der Waals surface area (Å²) in [5, 5.41) is -8.85. The van der Waals surface area contributed by atoms with Crippen LogP contribution < -0.4 is 0 Å². The molecule has 44 heavy (non-hydrogen) atoms. The molecule has 0 aliphatic heterocycles. The second-order valence-corrected chi connectivity index (χ2v) is 12.1. The molecule has 0 aromatic rings. The van der Waals surface area contributed by atoms with Crippen molar-refractivity contribution in [2.45, 2.75) is 118 Å². The molecule has 20 heteroatoms. The molecule has 2 nitrogen and oxygen atoms in total. The molecule has 0 saturated heterocycles. The smallest absolute Gasteiger partial charge is 0.322 e. The van der Waals surface area contributed by atoms with E-state index in [-0.39, 0.29) is 6.54 Å². The Morgan fingerprint density at radius 1 is 0.500 bits per heavy atom. The first-order valence-electron chi connectivity index (χ1n) is 13.2. The topological polar surface area (TPSA) is 17.1 Å². The monoisotopic (exact) mass is 706 g/mol. The van der Waals surface area contributed by atoms with Gasteiger partial charge in [0.25, 0.3) is 0 Å². The molecule has 0 spiro atoms. The third-order valence-electron chi connectivity index (χ3n) is 6.61. The third kappa shape index (κ3) is 8.98. The van der Waals surface area contributed by atoms with E-state index in [0.717, 1.165) is 51.4 Å². The van der Waals surface area contributed by atoms with Gasteiger partial charge in [0, 0.05) is 0 Å². The minimum absolute atomic E-state index is 0.0354. The van der Waals surface area contributed by atoms with Gasteiger partial charge in [0.1, 0.15) is 6.54 Å². The maximum Gasteiger partial charge on any atom is 0.460 e. The van der Waals surface area contributed by atoms with E-state index in [4.69, 9.17) is 0 Å². The van der Waals surface area contributed by atoms with Gasteiger partial charge in [-0.2, -0.15) is 74.6 Å². The standard InChI is InChI=1S/C24H33F17NOS/c1-4-5-6-7-8-9-10-11-12-13-14-42(2,3)15-16(43)44-24(40,41)22(35,36)20(31,32)18(27,28)17(25,26)19(29,30)21(33,34)23(37,38)39/h4-15H2,1-3H3/q+1. The minimum atomic E-state index is -8.69. The number of carbonyl (C=O) groups excluding carboxylic acids is 1. The predicted molar refractivity (Wildman–Crippen MR) is 127 cm³/mol. The van der Waals surface area contributed by atoms with Crippen molar-refractivity contribution in [2.24, 2.45) is 0 Å². The molecule has 0 N–H and O–H groups in total. The van der Waals surface area contributed by atoms with Crippen LogP contribution in [-0.4, -0.2) is 83.7 Å². The van der Waals surface area contributed by atoms with Crippen molar-refractivity contribution in [1.29, 1.82) is 0 Å². The molecule has 0 aliphatic carbocycles. The molecule has 0 aromatic heterocycles. The van der Waals surface area contributed by atoms with E-state index in [1.807, 2.05) is 0 Å². The Kier molecular flexibility index (Phi) is 14.3. The van der Waals surface area contributed by atoms with Gasteiger partial charge < -0.3 is 4.48 Å². The Labute approximate surface area is 246 Å². The Bertz CT molecular complexity index is 919. The lowest BCUT2D eigenvalue weighted by atomic mass is 9.91. The van der Waals surface area contributed by atoms with E-state index in [2.05, 4.69) is 6.92 Å². The van der Waals surface area contributed by atoms with Crippen LogP contribution in [0.4, 0.5) is 74.6 Å². The summed E-state index contributed by atoms with van der Waals surface area (Å²) in [4.78, 5) is 12.0.